The molecular formula is C17H26N2O2. The minimum Gasteiger partial charge on any atom is -0.469 e. The third kappa shape index (κ3) is 3.25. The highest BCUT2D eigenvalue weighted by Crippen LogP contribution is 2.31. The molecule has 4 heteroatoms. The van der Waals surface area contributed by atoms with Crippen LogP contribution in [0.4, 0.5) is 0 Å². The van der Waals surface area contributed by atoms with E-state index in [2.05, 4.69) is 22.5 Å². The summed E-state index contributed by atoms with van der Waals surface area (Å²) in [5.41, 5.74) is 2.82. The monoisotopic (exact) mass is 290 g/mol. The fraction of sp³-hybridized carbons (Fsp3) is 0.706. The minimum absolute atomic E-state index is 0.0309. The maximum Gasteiger partial charge on any atom is 0.308 e. The summed E-state index contributed by atoms with van der Waals surface area (Å²) < 4.78 is 4.86. The first-order valence-electron chi connectivity index (χ1n) is 8.26. The van der Waals surface area contributed by atoms with Gasteiger partial charge in [0.2, 0.25) is 0 Å². The van der Waals surface area contributed by atoms with Gasteiger partial charge in [0.1, 0.15) is 0 Å². The number of rotatable bonds is 3. The largest absolute Gasteiger partial charge is 0.469 e. The lowest BCUT2D eigenvalue weighted by Gasteiger charge is -2.33. The van der Waals surface area contributed by atoms with Crippen LogP contribution >= 0.6 is 0 Å². The van der Waals surface area contributed by atoms with Gasteiger partial charge in [0.25, 0.3) is 0 Å². The van der Waals surface area contributed by atoms with E-state index in [0.717, 1.165) is 32.4 Å². The lowest BCUT2D eigenvalue weighted by atomic mass is 9.85. The molecule has 1 saturated carbocycles. The number of nitrogens with one attached hydrogen (secondary N) is 1. The van der Waals surface area contributed by atoms with Crippen molar-refractivity contribution >= 4 is 5.97 Å². The molecule has 4 nitrogen and oxygen atoms in total. The van der Waals surface area contributed by atoms with Crippen LogP contribution in [0.5, 0.6) is 0 Å². The number of carbonyl (C=O) groups is 1. The number of methoxy groups -OCH3 is 1. The van der Waals surface area contributed by atoms with Crippen molar-refractivity contribution in [3.05, 3.63) is 23.5 Å². The Kier molecular flexibility index (Phi) is 4.51. The molecule has 1 heterocycles. The molecule has 3 rings (SSSR count). The molecule has 0 bridgehead atoms. The van der Waals surface area contributed by atoms with Crippen molar-refractivity contribution in [2.45, 2.75) is 57.4 Å². The maximum absolute atomic E-state index is 11.6. The molecule has 0 unspecified atom stereocenters. The van der Waals surface area contributed by atoms with Crippen LogP contribution in [0.3, 0.4) is 0 Å². The van der Waals surface area contributed by atoms with Crippen LogP contribution in [-0.2, 0) is 9.53 Å². The summed E-state index contributed by atoms with van der Waals surface area (Å²) in [5.74, 6) is 0.0860. The molecule has 0 aromatic heterocycles. The molecule has 0 saturated heterocycles. The highest BCUT2D eigenvalue weighted by atomic mass is 16.5. The van der Waals surface area contributed by atoms with Gasteiger partial charge in [0.15, 0.2) is 0 Å². The average molecular weight is 290 g/mol. The highest BCUT2D eigenvalue weighted by Gasteiger charge is 2.30. The number of nitrogens with zero attached hydrogens (tertiary/aromatic N) is 1. The van der Waals surface area contributed by atoms with Crippen molar-refractivity contribution in [3.8, 4) is 0 Å². The molecule has 1 fully saturated rings. The Labute approximate surface area is 127 Å². The Morgan fingerprint density at radius 1 is 1.29 bits per heavy atom. The molecule has 0 spiro atoms. The first-order valence-corrected chi connectivity index (χ1v) is 8.26. The van der Waals surface area contributed by atoms with Gasteiger partial charge in [-0.1, -0.05) is 6.08 Å². The second kappa shape index (κ2) is 6.54. The van der Waals surface area contributed by atoms with Crippen molar-refractivity contribution in [2.75, 3.05) is 13.8 Å². The summed E-state index contributed by atoms with van der Waals surface area (Å²) in [5, 5.41) is 3.55. The standard InChI is InChI=1S/C17H26N2O2/c1-21-17(20)14-7-9-15(10-8-14)19-11-16(18-12-19)13-5-3-2-4-6-13/h5,11,14-15,18H,2-4,6-10,12H2,1H3. The van der Waals surface area contributed by atoms with Crippen molar-refractivity contribution in [1.29, 1.82) is 0 Å². The number of allylic oxidation sites excluding steroid dienone is 2. The summed E-state index contributed by atoms with van der Waals surface area (Å²) >= 11 is 0. The van der Waals surface area contributed by atoms with E-state index in [1.54, 1.807) is 0 Å². The van der Waals surface area contributed by atoms with Crippen LogP contribution in [0.15, 0.2) is 23.5 Å². The van der Waals surface area contributed by atoms with Crippen LogP contribution in [0.1, 0.15) is 51.4 Å². The zero-order valence-corrected chi connectivity index (χ0v) is 12.9. The fourth-order valence-corrected chi connectivity index (χ4v) is 3.76. The van der Waals surface area contributed by atoms with Gasteiger partial charge in [-0.2, -0.15) is 0 Å². The first-order chi connectivity index (χ1) is 10.3. The average Bonchev–Trinajstić information content (AvgIpc) is 3.05. The van der Waals surface area contributed by atoms with Crippen molar-refractivity contribution < 1.29 is 9.53 Å². The molecule has 3 aliphatic rings. The number of hydrogen-bond donors (Lipinski definition) is 1. The maximum atomic E-state index is 11.6. The van der Waals surface area contributed by atoms with E-state index < -0.39 is 0 Å². The van der Waals surface area contributed by atoms with E-state index in [-0.39, 0.29) is 11.9 Å². The molecule has 21 heavy (non-hydrogen) atoms. The molecule has 0 amide bonds. The smallest absolute Gasteiger partial charge is 0.308 e. The van der Waals surface area contributed by atoms with Gasteiger partial charge in [-0.3, -0.25) is 4.79 Å². The first kappa shape index (κ1) is 14.5. The number of hydrogen-bond acceptors (Lipinski definition) is 4. The molecule has 0 atom stereocenters. The predicted molar refractivity (Wildman–Crippen MR) is 82.2 cm³/mol. The van der Waals surface area contributed by atoms with Gasteiger partial charge in [-0.15, -0.1) is 0 Å². The second-order valence-corrected chi connectivity index (χ2v) is 6.40. The van der Waals surface area contributed by atoms with Crippen molar-refractivity contribution in [3.63, 3.8) is 0 Å². The molecule has 0 radical (unpaired) electrons. The summed E-state index contributed by atoms with van der Waals surface area (Å²) in [6.45, 7) is 0.917. The van der Waals surface area contributed by atoms with Crippen LogP contribution in [-0.4, -0.2) is 30.7 Å². The van der Waals surface area contributed by atoms with E-state index in [0.29, 0.717) is 6.04 Å². The molecular weight excluding hydrogens is 264 g/mol. The Hall–Kier alpha value is -1.45. The third-order valence-electron chi connectivity index (χ3n) is 5.08. The lowest BCUT2D eigenvalue weighted by molar-refractivity contribution is -0.146. The van der Waals surface area contributed by atoms with Gasteiger partial charge in [0.05, 0.1) is 25.4 Å². The Balaban J connectivity index is 1.56. The van der Waals surface area contributed by atoms with Crippen LogP contribution in [0, 0.1) is 5.92 Å². The summed E-state index contributed by atoms with van der Waals surface area (Å²) in [6.07, 6.45) is 13.9. The molecule has 116 valence electrons. The Morgan fingerprint density at radius 2 is 2.10 bits per heavy atom. The number of ether oxygens (including phenoxy) is 1. The molecule has 0 aromatic rings. The van der Waals surface area contributed by atoms with E-state index in [1.807, 2.05) is 0 Å². The van der Waals surface area contributed by atoms with Gasteiger partial charge in [0, 0.05) is 12.2 Å². The summed E-state index contributed by atoms with van der Waals surface area (Å²) in [4.78, 5) is 14.0. The quantitative estimate of drug-likeness (QED) is 0.812. The minimum atomic E-state index is -0.0309. The molecule has 1 N–H and O–H groups in total. The molecule has 0 aromatic carbocycles. The number of carbonyl (C=O) groups excluding carboxylic acids is 1. The van der Waals surface area contributed by atoms with Gasteiger partial charge in [-0.05, 0) is 56.9 Å². The topological polar surface area (TPSA) is 41.6 Å². The van der Waals surface area contributed by atoms with Gasteiger partial charge < -0.3 is 15.0 Å². The number of esters is 1. The van der Waals surface area contributed by atoms with E-state index >= 15 is 0 Å². The summed E-state index contributed by atoms with van der Waals surface area (Å²) in [6, 6.07) is 0.570. The highest BCUT2D eigenvalue weighted by molar-refractivity contribution is 5.72. The normalized spacial score (nSPS) is 29.5. The SMILES string of the molecule is COC(=O)C1CCC(N2C=C(C3=CCCCC3)NC2)CC1. The van der Waals surface area contributed by atoms with Crippen molar-refractivity contribution in [1.82, 2.24) is 10.2 Å². The van der Waals surface area contributed by atoms with E-state index in [9.17, 15) is 4.79 Å². The van der Waals surface area contributed by atoms with Crippen LogP contribution in [0.2, 0.25) is 0 Å². The zero-order valence-electron chi connectivity index (χ0n) is 12.9. The van der Waals surface area contributed by atoms with E-state index in [1.165, 1.54) is 44.1 Å². The van der Waals surface area contributed by atoms with Gasteiger partial charge >= 0.3 is 5.97 Å². The lowest BCUT2D eigenvalue weighted by Crippen LogP contribution is -2.37. The molecule has 2 aliphatic carbocycles. The summed E-state index contributed by atoms with van der Waals surface area (Å²) in [7, 11) is 1.49. The van der Waals surface area contributed by atoms with E-state index in [4.69, 9.17) is 4.74 Å². The third-order valence-corrected chi connectivity index (χ3v) is 5.08. The molecule has 1 aliphatic heterocycles. The van der Waals surface area contributed by atoms with Gasteiger partial charge in [-0.25, -0.2) is 0 Å². The second-order valence-electron chi connectivity index (χ2n) is 6.40. The Morgan fingerprint density at radius 3 is 2.76 bits per heavy atom. The van der Waals surface area contributed by atoms with Crippen LogP contribution < -0.4 is 5.32 Å². The fourth-order valence-electron chi connectivity index (χ4n) is 3.76. The van der Waals surface area contributed by atoms with Crippen molar-refractivity contribution in [2.24, 2.45) is 5.92 Å². The van der Waals surface area contributed by atoms with Crippen LogP contribution in [0.25, 0.3) is 0 Å². The predicted octanol–water partition coefficient (Wildman–Crippen LogP) is 2.92. The zero-order chi connectivity index (χ0) is 14.7. The Bertz CT molecular complexity index is 448.